The van der Waals surface area contributed by atoms with Crippen molar-refractivity contribution in [3.8, 4) is 11.1 Å². The molecule has 2 rings (SSSR count). The van der Waals surface area contributed by atoms with Gasteiger partial charge in [-0.3, -0.25) is 9.59 Å². The quantitative estimate of drug-likeness (QED) is 0.863. The van der Waals surface area contributed by atoms with E-state index in [1.54, 1.807) is 7.05 Å². The van der Waals surface area contributed by atoms with Crippen LogP contribution in [-0.2, 0) is 16.1 Å². The van der Waals surface area contributed by atoms with Crippen molar-refractivity contribution in [1.29, 1.82) is 0 Å². The molecule has 0 saturated carbocycles. The fourth-order valence-electron chi connectivity index (χ4n) is 1.97. The lowest BCUT2D eigenvalue weighted by Crippen LogP contribution is -2.37. The summed E-state index contributed by atoms with van der Waals surface area (Å²) in [6.07, 6.45) is 0. The minimum atomic E-state index is -0.937. The second-order valence-corrected chi connectivity index (χ2v) is 4.59. The zero-order valence-corrected chi connectivity index (χ0v) is 11.2. The van der Waals surface area contributed by atoms with Crippen molar-refractivity contribution >= 4 is 11.8 Å². The molecule has 2 aromatic rings. The molecule has 4 heteroatoms. The lowest BCUT2D eigenvalue weighted by Gasteiger charge is -2.15. The number of rotatable bonds is 3. The SMILES string of the molecule is CN(Cc1ccc(-c2ccccc2)cc1)C(=O)C(N)=O. The molecular formula is C16H16N2O2. The molecule has 0 aliphatic rings. The van der Waals surface area contributed by atoms with Crippen LogP contribution < -0.4 is 5.73 Å². The van der Waals surface area contributed by atoms with Gasteiger partial charge < -0.3 is 10.6 Å². The van der Waals surface area contributed by atoms with Crippen molar-refractivity contribution in [3.63, 3.8) is 0 Å². The number of nitrogens with two attached hydrogens (primary N) is 1. The third-order valence-electron chi connectivity index (χ3n) is 3.04. The minimum Gasteiger partial charge on any atom is -0.361 e. The predicted octanol–water partition coefficient (Wildman–Crippen LogP) is 1.80. The van der Waals surface area contributed by atoms with E-state index < -0.39 is 11.8 Å². The van der Waals surface area contributed by atoms with E-state index in [1.165, 1.54) is 4.90 Å². The van der Waals surface area contributed by atoms with Gasteiger partial charge >= 0.3 is 11.8 Å². The van der Waals surface area contributed by atoms with Gasteiger partial charge in [-0.1, -0.05) is 54.6 Å². The molecule has 0 heterocycles. The highest BCUT2D eigenvalue weighted by atomic mass is 16.2. The number of likely N-dealkylation sites (N-methyl/N-ethyl adjacent to an activating group) is 1. The van der Waals surface area contributed by atoms with Crippen LogP contribution in [-0.4, -0.2) is 23.8 Å². The molecular weight excluding hydrogens is 252 g/mol. The van der Waals surface area contributed by atoms with Gasteiger partial charge in [-0.15, -0.1) is 0 Å². The first-order valence-corrected chi connectivity index (χ1v) is 6.27. The van der Waals surface area contributed by atoms with E-state index in [2.05, 4.69) is 0 Å². The van der Waals surface area contributed by atoms with E-state index in [-0.39, 0.29) is 0 Å². The fraction of sp³-hybridized carbons (Fsp3) is 0.125. The summed E-state index contributed by atoms with van der Waals surface area (Å²) in [6.45, 7) is 0.358. The number of carbonyl (C=O) groups is 2. The molecule has 102 valence electrons. The van der Waals surface area contributed by atoms with E-state index in [0.29, 0.717) is 6.54 Å². The number of primary amides is 1. The van der Waals surface area contributed by atoms with Crippen molar-refractivity contribution < 1.29 is 9.59 Å². The Balaban J connectivity index is 2.09. The first-order chi connectivity index (χ1) is 9.58. The Labute approximate surface area is 117 Å². The van der Waals surface area contributed by atoms with Crippen LogP contribution >= 0.6 is 0 Å². The van der Waals surface area contributed by atoms with Gasteiger partial charge in [0.1, 0.15) is 0 Å². The smallest absolute Gasteiger partial charge is 0.311 e. The number of hydrogen-bond acceptors (Lipinski definition) is 2. The summed E-state index contributed by atoms with van der Waals surface area (Å²) in [5.41, 5.74) is 8.16. The third kappa shape index (κ3) is 3.23. The Bertz CT molecular complexity index is 606. The van der Waals surface area contributed by atoms with E-state index in [9.17, 15) is 9.59 Å². The Morgan fingerprint density at radius 1 is 0.950 bits per heavy atom. The van der Waals surface area contributed by atoms with Crippen LogP contribution in [0, 0.1) is 0 Å². The average Bonchev–Trinajstić information content (AvgIpc) is 2.48. The van der Waals surface area contributed by atoms with Gasteiger partial charge in [0, 0.05) is 13.6 Å². The molecule has 0 spiro atoms. The molecule has 0 saturated heterocycles. The lowest BCUT2D eigenvalue weighted by atomic mass is 10.0. The van der Waals surface area contributed by atoms with Gasteiger partial charge in [-0.2, -0.15) is 0 Å². The first kappa shape index (κ1) is 13.8. The normalized spacial score (nSPS) is 10.1. The Kier molecular flexibility index (Phi) is 4.15. The minimum absolute atomic E-state index is 0.358. The molecule has 2 amide bonds. The molecule has 0 radical (unpaired) electrons. The second kappa shape index (κ2) is 6.02. The maximum atomic E-state index is 11.4. The number of benzene rings is 2. The Hall–Kier alpha value is -2.62. The fourth-order valence-corrected chi connectivity index (χ4v) is 1.97. The molecule has 2 aromatic carbocycles. The van der Waals surface area contributed by atoms with Gasteiger partial charge in [-0.25, -0.2) is 0 Å². The zero-order valence-electron chi connectivity index (χ0n) is 11.2. The standard InChI is InChI=1S/C16H16N2O2/c1-18(16(20)15(17)19)11-12-7-9-14(10-8-12)13-5-3-2-4-6-13/h2-10H,11H2,1H3,(H2,17,19). The Morgan fingerprint density at radius 2 is 1.50 bits per heavy atom. The lowest BCUT2D eigenvalue weighted by molar-refractivity contribution is -0.143. The molecule has 0 unspecified atom stereocenters. The van der Waals surface area contributed by atoms with Crippen molar-refractivity contribution in [3.05, 3.63) is 60.2 Å². The molecule has 4 nitrogen and oxygen atoms in total. The second-order valence-electron chi connectivity index (χ2n) is 4.59. The van der Waals surface area contributed by atoms with Crippen molar-refractivity contribution in [1.82, 2.24) is 4.90 Å². The maximum Gasteiger partial charge on any atom is 0.311 e. The summed E-state index contributed by atoms with van der Waals surface area (Å²) in [5.74, 6) is -1.62. The van der Waals surface area contributed by atoms with Crippen LogP contribution in [0.3, 0.4) is 0 Å². The van der Waals surface area contributed by atoms with Gasteiger partial charge in [0.05, 0.1) is 0 Å². The number of hydrogen-bond donors (Lipinski definition) is 1. The van der Waals surface area contributed by atoms with Gasteiger partial charge in [0.25, 0.3) is 0 Å². The van der Waals surface area contributed by atoms with Crippen LogP contribution in [0.25, 0.3) is 11.1 Å². The van der Waals surface area contributed by atoms with Crippen LogP contribution in [0.5, 0.6) is 0 Å². The highest BCUT2D eigenvalue weighted by Gasteiger charge is 2.14. The number of amides is 2. The van der Waals surface area contributed by atoms with Crippen LogP contribution in [0.15, 0.2) is 54.6 Å². The number of nitrogens with zero attached hydrogens (tertiary/aromatic N) is 1. The molecule has 0 aliphatic carbocycles. The van der Waals surface area contributed by atoms with E-state index >= 15 is 0 Å². The molecule has 0 fully saturated rings. The summed E-state index contributed by atoms with van der Waals surface area (Å²) < 4.78 is 0. The van der Waals surface area contributed by atoms with E-state index in [1.807, 2.05) is 54.6 Å². The summed E-state index contributed by atoms with van der Waals surface area (Å²) in [5, 5.41) is 0. The molecule has 0 atom stereocenters. The molecule has 20 heavy (non-hydrogen) atoms. The monoisotopic (exact) mass is 268 g/mol. The number of carbonyl (C=O) groups excluding carboxylic acids is 2. The summed E-state index contributed by atoms with van der Waals surface area (Å²) in [7, 11) is 1.55. The summed E-state index contributed by atoms with van der Waals surface area (Å²) in [4.78, 5) is 23.5. The predicted molar refractivity (Wildman–Crippen MR) is 77.5 cm³/mol. The van der Waals surface area contributed by atoms with Crippen molar-refractivity contribution in [2.75, 3.05) is 7.05 Å². The maximum absolute atomic E-state index is 11.4. The molecule has 0 bridgehead atoms. The summed E-state index contributed by atoms with van der Waals surface area (Å²) in [6, 6.07) is 17.9. The van der Waals surface area contributed by atoms with Gasteiger partial charge in [0.2, 0.25) is 0 Å². The molecule has 0 aromatic heterocycles. The average molecular weight is 268 g/mol. The van der Waals surface area contributed by atoms with Crippen LogP contribution in [0.4, 0.5) is 0 Å². The van der Waals surface area contributed by atoms with Crippen molar-refractivity contribution in [2.24, 2.45) is 5.73 Å². The first-order valence-electron chi connectivity index (χ1n) is 6.27. The van der Waals surface area contributed by atoms with Crippen molar-refractivity contribution in [2.45, 2.75) is 6.54 Å². The third-order valence-corrected chi connectivity index (χ3v) is 3.04. The van der Waals surface area contributed by atoms with Gasteiger partial charge in [-0.05, 0) is 16.7 Å². The van der Waals surface area contributed by atoms with E-state index in [0.717, 1.165) is 16.7 Å². The highest BCUT2D eigenvalue weighted by Crippen LogP contribution is 2.19. The van der Waals surface area contributed by atoms with Crippen LogP contribution in [0.1, 0.15) is 5.56 Å². The molecule has 0 aliphatic heterocycles. The van der Waals surface area contributed by atoms with Crippen LogP contribution in [0.2, 0.25) is 0 Å². The zero-order chi connectivity index (χ0) is 14.5. The highest BCUT2D eigenvalue weighted by molar-refractivity contribution is 6.34. The molecule has 2 N–H and O–H groups in total. The largest absolute Gasteiger partial charge is 0.361 e. The Morgan fingerprint density at radius 3 is 2.05 bits per heavy atom. The van der Waals surface area contributed by atoms with Gasteiger partial charge in [0.15, 0.2) is 0 Å². The topological polar surface area (TPSA) is 63.4 Å². The van der Waals surface area contributed by atoms with E-state index in [4.69, 9.17) is 5.73 Å². The summed E-state index contributed by atoms with van der Waals surface area (Å²) >= 11 is 0.